The van der Waals surface area contributed by atoms with Gasteiger partial charge in [-0.2, -0.15) is 5.10 Å². The molecular formula is C17H18N4O2. The monoisotopic (exact) mass is 310 g/mol. The average molecular weight is 310 g/mol. The third-order valence-corrected chi connectivity index (χ3v) is 3.09. The Morgan fingerprint density at radius 3 is 2.26 bits per heavy atom. The molecule has 0 spiro atoms. The van der Waals surface area contributed by atoms with E-state index in [0.717, 1.165) is 11.1 Å². The fraction of sp³-hybridized carbons (Fsp3) is 0.118. The van der Waals surface area contributed by atoms with Gasteiger partial charge in [0.15, 0.2) is 0 Å². The number of urea groups is 1. The highest BCUT2D eigenvalue weighted by Gasteiger charge is 2.04. The molecule has 0 aromatic heterocycles. The predicted octanol–water partition coefficient (Wildman–Crippen LogP) is 2.51. The number of nitrogens with zero attached hydrogens (tertiary/aromatic N) is 1. The molecule has 2 rings (SSSR count). The summed E-state index contributed by atoms with van der Waals surface area (Å²) < 4.78 is 0. The van der Waals surface area contributed by atoms with E-state index in [1.54, 1.807) is 30.5 Å². The SMILES string of the molecule is CNC(=O)Nc1ccc(C(=O)N/N=C/c2ccc(C)cc2)cc1. The molecule has 0 aliphatic carbocycles. The van der Waals surface area contributed by atoms with Crippen LogP contribution in [-0.4, -0.2) is 25.2 Å². The molecule has 2 aromatic carbocycles. The molecule has 2 aromatic rings. The van der Waals surface area contributed by atoms with E-state index in [2.05, 4.69) is 21.2 Å². The van der Waals surface area contributed by atoms with Gasteiger partial charge in [-0.3, -0.25) is 4.79 Å². The quantitative estimate of drug-likeness (QED) is 0.599. The number of anilines is 1. The van der Waals surface area contributed by atoms with E-state index in [0.29, 0.717) is 11.3 Å². The minimum atomic E-state index is -0.320. The molecule has 0 bridgehead atoms. The van der Waals surface area contributed by atoms with Gasteiger partial charge in [0.25, 0.3) is 5.91 Å². The first-order valence-corrected chi connectivity index (χ1v) is 7.07. The van der Waals surface area contributed by atoms with Crippen LogP contribution >= 0.6 is 0 Å². The largest absolute Gasteiger partial charge is 0.341 e. The number of hydrazone groups is 1. The first-order valence-electron chi connectivity index (χ1n) is 7.07. The van der Waals surface area contributed by atoms with Crippen LogP contribution in [0.3, 0.4) is 0 Å². The third-order valence-electron chi connectivity index (χ3n) is 3.09. The maximum Gasteiger partial charge on any atom is 0.318 e. The first kappa shape index (κ1) is 16.2. The maximum atomic E-state index is 12.0. The Kier molecular flexibility index (Phi) is 5.46. The van der Waals surface area contributed by atoms with Crippen molar-refractivity contribution in [3.63, 3.8) is 0 Å². The van der Waals surface area contributed by atoms with Crippen LogP contribution in [0.4, 0.5) is 10.5 Å². The molecule has 0 saturated carbocycles. The second-order valence-corrected chi connectivity index (χ2v) is 4.89. The summed E-state index contributed by atoms with van der Waals surface area (Å²) in [5.41, 5.74) is 5.58. The average Bonchev–Trinajstić information content (AvgIpc) is 2.57. The molecule has 0 saturated heterocycles. The summed E-state index contributed by atoms with van der Waals surface area (Å²) in [6, 6.07) is 14.0. The zero-order chi connectivity index (χ0) is 16.7. The van der Waals surface area contributed by atoms with Crippen LogP contribution in [0.5, 0.6) is 0 Å². The molecule has 0 fully saturated rings. The summed E-state index contributed by atoms with van der Waals surface area (Å²) in [5.74, 6) is -0.320. The second-order valence-electron chi connectivity index (χ2n) is 4.89. The van der Waals surface area contributed by atoms with Crippen molar-refractivity contribution in [1.29, 1.82) is 0 Å². The van der Waals surface area contributed by atoms with E-state index >= 15 is 0 Å². The van der Waals surface area contributed by atoms with E-state index in [9.17, 15) is 9.59 Å². The first-order chi connectivity index (χ1) is 11.1. The van der Waals surface area contributed by atoms with Crippen molar-refractivity contribution in [1.82, 2.24) is 10.7 Å². The summed E-state index contributed by atoms with van der Waals surface area (Å²) in [4.78, 5) is 23.1. The minimum absolute atomic E-state index is 0.315. The summed E-state index contributed by atoms with van der Waals surface area (Å²) in [7, 11) is 1.53. The summed E-state index contributed by atoms with van der Waals surface area (Å²) in [6.45, 7) is 2.01. The van der Waals surface area contributed by atoms with Crippen LogP contribution in [0.15, 0.2) is 53.6 Å². The zero-order valence-corrected chi connectivity index (χ0v) is 13.0. The van der Waals surface area contributed by atoms with Gasteiger partial charge in [-0.25, -0.2) is 10.2 Å². The number of rotatable bonds is 4. The Bertz CT molecular complexity index is 706. The van der Waals surface area contributed by atoms with Crippen LogP contribution < -0.4 is 16.1 Å². The molecule has 23 heavy (non-hydrogen) atoms. The highest BCUT2D eigenvalue weighted by molar-refractivity contribution is 5.96. The summed E-state index contributed by atoms with van der Waals surface area (Å²) in [5, 5.41) is 8.99. The molecule has 6 nitrogen and oxygen atoms in total. The molecule has 0 aliphatic heterocycles. The highest BCUT2D eigenvalue weighted by atomic mass is 16.2. The Hall–Kier alpha value is -3.15. The summed E-state index contributed by atoms with van der Waals surface area (Å²) >= 11 is 0. The molecule has 6 heteroatoms. The van der Waals surface area contributed by atoms with Crippen LogP contribution in [0.1, 0.15) is 21.5 Å². The van der Waals surface area contributed by atoms with Crippen LogP contribution in [-0.2, 0) is 0 Å². The zero-order valence-electron chi connectivity index (χ0n) is 13.0. The van der Waals surface area contributed by atoms with Gasteiger partial charge in [-0.15, -0.1) is 0 Å². The number of amides is 3. The van der Waals surface area contributed by atoms with Crippen molar-refractivity contribution in [2.24, 2.45) is 5.10 Å². The van der Waals surface area contributed by atoms with Crippen molar-refractivity contribution in [2.45, 2.75) is 6.92 Å². The number of carbonyl (C=O) groups excluding carboxylic acids is 2. The number of hydrogen-bond acceptors (Lipinski definition) is 3. The van der Waals surface area contributed by atoms with Gasteiger partial charge in [0, 0.05) is 18.3 Å². The highest BCUT2D eigenvalue weighted by Crippen LogP contribution is 2.09. The molecule has 0 radical (unpaired) electrons. The lowest BCUT2D eigenvalue weighted by atomic mass is 10.2. The van der Waals surface area contributed by atoms with Crippen LogP contribution in [0.25, 0.3) is 0 Å². The van der Waals surface area contributed by atoms with Crippen molar-refractivity contribution >= 4 is 23.8 Å². The van der Waals surface area contributed by atoms with E-state index in [1.807, 2.05) is 31.2 Å². The third kappa shape index (κ3) is 4.96. The Morgan fingerprint density at radius 1 is 1.00 bits per heavy atom. The fourth-order valence-electron chi connectivity index (χ4n) is 1.78. The van der Waals surface area contributed by atoms with Gasteiger partial charge in [-0.1, -0.05) is 29.8 Å². The molecule has 118 valence electrons. The predicted molar refractivity (Wildman–Crippen MR) is 90.8 cm³/mol. The van der Waals surface area contributed by atoms with Gasteiger partial charge >= 0.3 is 6.03 Å². The standard InChI is InChI=1S/C17H18N4O2/c1-12-3-5-13(6-4-12)11-19-21-16(22)14-7-9-15(10-8-14)20-17(23)18-2/h3-11H,1-2H3,(H,21,22)(H2,18,20,23)/b19-11+. The Morgan fingerprint density at radius 2 is 1.65 bits per heavy atom. The number of carbonyl (C=O) groups is 2. The molecule has 0 unspecified atom stereocenters. The van der Waals surface area contributed by atoms with E-state index < -0.39 is 0 Å². The van der Waals surface area contributed by atoms with Crippen molar-refractivity contribution in [3.8, 4) is 0 Å². The topological polar surface area (TPSA) is 82.6 Å². The van der Waals surface area contributed by atoms with Crippen LogP contribution in [0.2, 0.25) is 0 Å². The van der Waals surface area contributed by atoms with Crippen molar-refractivity contribution in [2.75, 3.05) is 12.4 Å². The smallest absolute Gasteiger partial charge is 0.318 e. The van der Waals surface area contributed by atoms with Crippen LogP contribution in [0, 0.1) is 6.92 Å². The fourth-order valence-corrected chi connectivity index (χ4v) is 1.78. The molecular weight excluding hydrogens is 292 g/mol. The number of hydrogen-bond donors (Lipinski definition) is 3. The lowest BCUT2D eigenvalue weighted by molar-refractivity contribution is 0.0955. The van der Waals surface area contributed by atoms with Crippen molar-refractivity contribution in [3.05, 3.63) is 65.2 Å². The molecule has 0 heterocycles. The summed E-state index contributed by atoms with van der Waals surface area (Å²) in [6.07, 6.45) is 1.58. The van der Waals surface area contributed by atoms with Gasteiger partial charge in [0.05, 0.1) is 6.21 Å². The molecule has 0 aliphatic rings. The lowest BCUT2D eigenvalue weighted by Crippen LogP contribution is -2.24. The van der Waals surface area contributed by atoms with E-state index in [1.165, 1.54) is 7.05 Å². The number of aryl methyl sites for hydroxylation is 1. The van der Waals surface area contributed by atoms with E-state index in [-0.39, 0.29) is 11.9 Å². The molecule has 3 amide bonds. The van der Waals surface area contributed by atoms with Gasteiger partial charge in [0.1, 0.15) is 0 Å². The molecule has 0 atom stereocenters. The Labute approximate surface area is 134 Å². The van der Waals surface area contributed by atoms with Gasteiger partial charge in [-0.05, 0) is 36.8 Å². The normalized spacial score (nSPS) is 10.3. The maximum absolute atomic E-state index is 12.0. The Balaban J connectivity index is 1.92. The van der Waals surface area contributed by atoms with Crippen molar-refractivity contribution < 1.29 is 9.59 Å². The number of benzene rings is 2. The van der Waals surface area contributed by atoms with Gasteiger partial charge in [0.2, 0.25) is 0 Å². The molecule has 3 N–H and O–H groups in total. The van der Waals surface area contributed by atoms with Gasteiger partial charge < -0.3 is 10.6 Å². The number of nitrogens with one attached hydrogen (secondary N) is 3. The van der Waals surface area contributed by atoms with E-state index in [4.69, 9.17) is 0 Å². The second kappa shape index (κ2) is 7.74. The minimum Gasteiger partial charge on any atom is -0.341 e. The lowest BCUT2D eigenvalue weighted by Gasteiger charge is -2.05.